The molecule has 0 aliphatic heterocycles. The summed E-state index contributed by atoms with van der Waals surface area (Å²) in [5, 5.41) is 2.95. The van der Waals surface area contributed by atoms with Gasteiger partial charge in [0.05, 0.1) is 17.6 Å². The summed E-state index contributed by atoms with van der Waals surface area (Å²) < 4.78 is 6.69. The number of benzene rings is 2. The first-order valence-electron chi connectivity index (χ1n) is 11.3. The Kier molecular flexibility index (Phi) is 7.53. The van der Waals surface area contributed by atoms with Crippen molar-refractivity contribution >= 4 is 23.6 Å². The number of nitrogens with two attached hydrogens (primary N) is 1. The summed E-state index contributed by atoms with van der Waals surface area (Å²) in [5.41, 5.74) is 8.63. The van der Waals surface area contributed by atoms with Crippen LogP contribution in [0.1, 0.15) is 62.9 Å². The van der Waals surface area contributed by atoms with Crippen LogP contribution in [0.15, 0.2) is 54.7 Å². The number of aromatic nitrogens is 2. The Morgan fingerprint density at radius 2 is 1.76 bits per heavy atom. The quantitative estimate of drug-likeness (QED) is 0.438. The summed E-state index contributed by atoms with van der Waals surface area (Å²) in [7, 11) is 0. The fourth-order valence-electron chi connectivity index (χ4n) is 3.47. The molecule has 0 aliphatic carbocycles. The highest BCUT2D eigenvalue weighted by Crippen LogP contribution is 2.30. The molecule has 0 unspecified atom stereocenters. The Morgan fingerprint density at radius 3 is 2.42 bits per heavy atom. The zero-order chi connectivity index (χ0) is 24.0. The number of aryl methyl sites for hydroxylation is 1. The van der Waals surface area contributed by atoms with E-state index in [0.29, 0.717) is 22.5 Å². The first-order chi connectivity index (χ1) is 15.7. The van der Waals surface area contributed by atoms with Gasteiger partial charge in [-0.2, -0.15) is 0 Å². The maximum absolute atomic E-state index is 12.9. The zero-order valence-electron chi connectivity index (χ0n) is 19.7. The molecule has 3 N–H and O–H groups in total. The molecule has 3 rings (SSSR count). The second-order valence-corrected chi connectivity index (χ2v) is 8.97. The number of carbonyl (C=O) groups excluding carboxylic acids is 2. The molecule has 3 aromatic rings. The Hall–Kier alpha value is -3.61. The van der Waals surface area contributed by atoms with Gasteiger partial charge in [0.2, 0.25) is 5.95 Å². The second-order valence-electron chi connectivity index (χ2n) is 8.97. The molecule has 1 heterocycles. The van der Waals surface area contributed by atoms with E-state index < -0.39 is 11.7 Å². The molecule has 0 saturated heterocycles. The summed E-state index contributed by atoms with van der Waals surface area (Å²) in [6.45, 7) is 7.52. The number of hydrogen-bond acceptors (Lipinski definition) is 5. The average molecular weight is 449 g/mol. The molecule has 0 atom stereocenters. The molecule has 1 amide bonds. The van der Waals surface area contributed by atoms with Crippen LogP contribution in [0.2, 0.25) is 0 Å². The molecule has 174 valence electrons. The number of rotatable bonds is 7. The molecule has 0 saturated carbocycles. The van der Waals surface area contributed by atoms with Crippen molar-refractivity contribution in [2.45, 2.75) is 59.0 Å². The van der Waals surface area contributed by atoms with E-state index in [1.54, 1.807) is 32.9 Å². The Morgan fingerprint density at radius 1 is 1.06 bits per heavy atom. The molecule has 33 heavy (non-hydrogen) atoms. The topological polar surface area (TPSA) is 99.2 Å². The molecule has 7 nitrogen and oxygen atoms in total. The number of nitrogens with one attached hydrogen (secondary N) is 1. The summed E-state index contributed by atoms with van der Waals surface area (Å²) in [6, 6.07) is 14.9. The highest BCUT2D eigenvalue weighted by molar-refractivity contribution is 6.06. The van der Waals surface area contributed by atoms with Crippen LogP contribution in [0.3, 0.4) is 0 Å². The lowest BCUT2D eigenvalue weighted by atomic mass is 10.0. The number of nitrogen functional groups attached to an aromatic ring is 1. The van der Waals surface area contributed by atoms with Crippen LogP contribution in [0.25, 0.3) is 11.3 Å². The van der Waals surface area contributed by atoms with Crippen molar-refractivity contribution in [3.05, 3.63) is 65.9 Å². The van der Waals surface area contributed by atoms with E-state index >= 15 is 0 Å². The van der Waals surface area contributed by atoms with Crippen LogP contribution in [-0.4, -0.2) is 27.2 Å². The fraction of sp³-hybridized carbons (Fsp3) is 0.346. The van der Waals surface area contributed by atoms with Crippen molar-refractivity contribution in [1.82, 2.24) is 9.55 Å². The van der Waals surface area contributed by atoms with Crippen LogP contribution in [0.5, 0.6) is 0 Å². The number of nitrogens with zero attached hydrogens (tertiary/aromatic N) is 2. The highest BCUT2D eigenvalue weighted by Gasteiger charge is 2.24. The van der Waals surface area contributed by atoms with Crippen LogP contribution >= 0.6 is 0 Å². The molecular weight excluding hydrogens is 416 g/mol. The van der Waals surface area contributed by atoms with Crippen LogP contribution in [0, 0.1) is 0 Å². The Bertz CT molecular complexity index is 1110. The minimum atomic E-state index is -0.693. The molecule has 0 spiro atoms. The van der Waals surface area contributed by atoms with Crippen molar-refractivity contribution in [3.8, 4) is 11.3 Å². The van der Waals surface area contributed by atoms with Gasteiger partial charge < -0.3 is 15.8 Å². The van der Waals surface area contributed by atoms with Gasteiger partial charge in [0.25, 0.3) is 5.91 Å². The third-order valence-electron chi connectivity index (χ3n) is 5.10. The fourth-order valence-corrected chi connectivity index (χ4v) is 3.47. The summed E-state index contributed by atoms with van der Waals surface area (Å²) in [5.74, 6) is -0.224. The van der Waals surface area contributed by atoms with E-state index in [4.69, 9.17) is 10.5 Å². The van der Waals surface area contributed by atoms with Gasteiger partial charge in [0.1, 0.15) is 5.60 Å². The number of carbonyl (C=O) groups is 2. The van der Waals surface area contributed by atoms with Crippen molar-refractivity contribution in [2.75, 3.05) is 11.1 Å². The Balaban J connectivity index is 1.84. The number of hydrogen-bond donors (Lipinski definition) is 2. The van der Waals surface area contributed by atoms with Crippen LogP contribution < -0.4 is 11.1 Å². The van der Waals surface area contributed by atoms with Gasteiger partial charge in [-0.15, -0.1) is 0 Å². The van der Waals surface area contributed by atoms with E-state index in [-0.39, 0.29) is 11.9 Å². The number of unbranched alkanes of at least 4 members (excludes halogenated alkanes) is 2. The predicted octanol–water partition coefficient (Wildman–Crippen LogP) is 5.90. The van der Waals surface area contributed by atoms with E-state index in [9.17, 15) is 9.59 Å². The van der Waals surface area contributed by atoms with Gasteiger partial charge in [-0.1, -0.05) is 50.1 Å². The molecule has 0 fully saturated rings. The SMILES string of the molecule is CCCCCc1ccc(C(=O)Nc2ccccc2-c2cnc(N)n2C(=O)OC(C)(C)C)cc1. The lowest BCUT2D eigenvalue weighted by molar-refractivity contribution is 0.0543. The molecule has 0 bridgehead atoms. The largest absolute Gasteiger partial charge is 0.443 e. The smallest absolute Gasteiger partial charge is 0.421 e. The standard InChI is InChI=1S/C26H32N4O3/c1-5-6-7-10-18-13-15-19(16-14-18)23(31)29-21-12-9-8-11-20(21)22-17-28-24(27)30(22)25(32)33-26(2,3)4/h8-9,11-17H,5-7,10H2,1-4H3,(H2,27,28)(H,29,31). The first-order valence-corrected chi connectivity index (χ1v) is 11.3. The first kappa shape index (κ1) is 24.0. The minimum absolute atomic E-state index is 0.0130. The van der Waals surface area contributed by atoms with Gasteiger partial charge in [0, 0.05) is 11.1 Å². The highest BCUT2D eigenvalue weighted by atomic mass is 16.6. The maximum atomic E-state index is 12.9. The van der Waals surface area contributed by atoms with Gasteiger partial charge in [-0.3, -0.25) is 4.79 Å². The van der Waals surface area contributed by atoms with Gasteiger partial charge >= 0.3 is 6.09 Å². The minimum Gasteiger partial charge on any atom is -0.443 e. The lowest BCUT2D eigenvalue weighted by Crippen LogP contribution is -2.28. The van der Waals surface area contributed by atoms with Crippen molar-refractivity contribution in [3.63, 3.8) is 0 Å². The van der Waals surface area contributed by atoms with E-state index in [1.807, 2.05) is 36.4 Å². The molecular formula is C26H32N4O3. The third kappa shape index (κ3) is 6.22. The number of para-hydroxylation sites is 1. The predicted molar refractivity (Wildman–Crippen MR) is 131 cm³/mol. The Labute approximate surface area is 195 Å². The van der Waals surface area contributed by atoms with E-state index in [0.717, 1.165) is 12.8 Å². The van der Waals surface area contributed by atoms with Crippen molar-refractivity contribution in [2.24, 2.45) is 0 Å². The number of imidazole rings is 1. The summed E-state index contributed by atoms with van der Waals surface area (Å²) in [4.78, 5) is 29.8. The zero-order valence-corrected chi connectivity index (χ0v) is 19.7. The van der Waals surface area contributed by atoms with Gasteiger partial charge in [0.15, 0.2) is 0 Å². The molecule has 7 heteroatoms. The molecule has 0 aliphatic rings. The van der Waals surface area contributed by atoms with Crippen LogP contribution in [-0.2, 0) is 11.2 Å². The van der Waals surface area contributed by atoms with Crippen molar-refractivity contribution in [1.29, 1.82) is 0 Å². The number of amides is 1. The average Bonchev–Trinajstić information content (AvgIpc) is 3.15. The number of ether oxygens (including phenoxy) is 1. The summed E-state index contributed by atoms with van der Waals surface area (Å²) in [6.07, 6.45) is 5.39. The van der Waals surface area contributed by atoms with Gasteiger partial charge in [-0.25, -0.2) is 14.3 Å². The monoisotopic (exact) mass is 448 g/mol. The van der Waals surface area contributed by atoms with Crippen molar-refractivity contribution < 1.29 is 14.3 Å². The lowest BCUT2D eigenvalue weighted by Gasteiger charge is -2.21. The van der Waals surface area contributed by atoms with Crippen LogP contribution in [0.4, 0.5) is 16.4 Å². The second kappa shape index (κ2) is 10.3. The van der Waals surface area contributed by atoms with E-state index in [1.165, 1.54) is 29.2 Å². The van der Waals surface area contributed by atoms with E-state index in [2.05, 4.69) is 17.2 Å². The maximum Gasteiger partial charge on any atom is 0.421 e. The normalized spacial score (nSPS) is 11.3. The number of anilines is 2. The third-order valence-corrected chi connectivity index (χ3v) is 5.10. The molecule has 0 radical (unpaired) electrons. The van der Waals surface area contributed by atoms with Gasteiger partial charge in [-0.05, 0) is 57.4 Å². The molecule has 1 aromatic heterocycles. The summed E-state index contributed by atoms with van der Waals surface area (Å²) >= 11 is 0. The molecule has 2 aromatic carbocycles.